The second kappa shape index (κ2) is 7.67. The fourth-order valence-corrected chi connectivity index (χ4v) is 2.53. The van der Waals surface area contributed by atoms with Crippen LogP contribution in [0.25, 0.3) is 0 Å². The van der Waals surface area contributed by atoms with Gasteiger partial charge >= 0.3 is 12.0 Å². The van der Waals surface area contributed by atoms with Gasteiger partial charge in [0.1, 0.15) is 0 Å². The molecule has 0 radical (unpaired) electrons. The van der Waals surface area contributed by atoms with Gasteiger partial charge in [-0.25, -0.2) is 4.79 Å². The Hall–Kier alpha value is -2.04. The second-order valence-corrected chi connectivity index (χ2v) is 5.45. The summed E-state index contributed by atoms with van der Waals surface area (Å²) in [4.78, 5) is 24.7. The van der Waals surface area contributed by atoms with Crippen molar-refractivity contribution in [3.63, 3.8) is 0 Å². The summed E-state index contributed by atoms with van der Waals surface area (Å²) in [5.74, 6) is -0.854. The lowest BCUT2D eigenvalue weighted by Gasteiger charge is -2.25. The van der Waals surface area contributed by atoms with Crippen molar-refractivity contribution in [3.8, 4) is 0 Å². The monoisotopic (exact) mass is 290 g/mol. The number of nitrogens with zero attached hydrogens (tertiary/aromatic N) is 1. The third-order valence-electron chi connectivity index (χ3n) is 3.70. The number of amides is 2. The van der Waals surface area contributed by atoms with Crippen LogP contribution in [0.15, 0.2) is 24.3 Å². The van der Waals surface area contributed by atoms with Gasteiger partial charge in [-0.3, -0.25) is 4.79 Å². The van der Waals surface area contributed by atoms with E-state index in [1.54, 1.807) is 24.3 Å². The Morgan fingerprint density at radius 2 is 1.57 bits per heavy atom. The molecule has 21 heavy (non-hydrogen) atoms. The van der Waals surface area contributed by atoms with Crippen molar-refractivity contribution < 1.29 is 14.7 Å². The molecular formula is C16H22N2O3. The van der Waals surface area contributed by atoms with E-state index in [4.69, 9.17) is 5.11 Å². The van der Waals surface area contributed by atoms with Crippen LogP contribution in [0.4, 0.5) is 10.5 Å². The third kappa shape index (κ3) is 5.10. The lowest BCUT2D eigenvalue weighted by Crippen LogP contribution is -2.37. The van der Waals surface area contributed by atoms with Crippen molar-refractivity contribution in [1.29, 1.82) is 0 Å². The summed E-state index contributed by atoms with van der Waals surface area (Å²) >= 11 is 0. The molecule has 2 rings (SSSR count). The van der Waals surface area contributed by atoms with E-state index in [2.05, 4.69) is 5.32 Å². The highest BCUT2D eigenvalue weighted by Gasteiger charge is 2.14. The van der Waals surface area contributed by atoms with Crippen molar-refractivity contribution in [2.45, 2.75) is 38.5 Å². The van der Waals surface area contributed by atoms with E-state index in [-0.39, 0.29) is 12.5 Å². The van der Waals surface area contributed by atoms with Crippen LogP contribution in [-0.2, 0) is 11.2 Å². The molecule has 1 aliphatic rings. The van der Waals surface area contributed by atoms with E-state index < -0.39 is 5.97 Å². The van der Waals surface area contributed by atoms with E-state index >= 15 is 0 Å². The normalized spacial score (nSPS) is 15.9. The number of likely N-dealkylation sites (tertiary alicyclic amines) is 1. The summed E-state index contributed by atoms with van der Waals surface area (Å²) in [6.07, 6.45) is 5.76. The van der Waals surface area contributed by atoms with Gasteiger partial charge in [-0.05, 0) is 30.5 Å². The number of aliphatic carboxylic acids is 1. The fourth-order valence-electron chi connectivity index (χ4n) is 2.53. The maximum Gasteiger partial charge on any atom is 0.321 e. The topological polar surface area (TPSA) is 69.6 Å². The number of carbonyl (C=O) groups excluding carboxylic acids is 1. The van der Waals surface area contributed by atoms with E-state index in [1.807, 2.05) is 4.90 Å². The summed E-state index contributed by atoms with van der Waals surface area (Å²) < 4.78 is 0. The molecule has 1 heterocycles. The van der Waals surface area contributed by atoms with Gasteiger partial charge in [-0.15, -0.1) is 0 Å². The molecule has 114 valence electrons. The van der Waals surface area contributed by atoms with Gasteiger partial charge in [0.2, 0.25) is 0 Å². The van der Waals surface area contributed by atoms with Crippen molar-refractivity contribution in [3.05, 3.63) is 29.8 Å². The second-order valence-electron chi connectivity index (χ2n) is 5.45. The average molecular weight is 290 g/mol. The summed E-state index contributed by atoms with van der Waals surface area (Å²) in [6, 6.07) is 6.90. The highest BCUT2D eigenvalue weighted by molar-refractivity contribution is 5.89. The highest BCUT2D eigenvalue weighted by Crippen LogP contribution is 2.14. The maximum atomic E-state index is 12.2. The standard InChI is InChI=1S/C16H22N2O3/c19-15(20)12-13-6-8-14(9-7-13)17-16(21)18-10-4-2-1-3-5-11-18/h6-9H,1-5,10-12H2,(H,17,21)(H,19,20). The first-order valence-electron chi connectivity index (χ1n) is 7.52. The van der Waals surface area contributed by atoms with Crippen LogP contribution in [0.2, 0.25) is 0 Å². The third-order valence-corrected chi connectivity index (χ3v) is 3.70. The maximum absolute atomic E-state index is 12.2. The number of rotatable bonds is 3. The summed E-state index contributed by atoms with van der Waals surface area (Å²) in [7, 11) is 0. The first-order chi connectivity index (χ1) is 10.1. The van der Waals surface area contributed by atoms with Crippen LogP contribution in [0.3, 0.4) is 0 Å². The minimum absolute atomic E-state index is 0.000349. The molecule has 0 aliphatic carbocycles. The molecule has 0 bridgehead atoms. The highest BCUT2D eigenvalue weighted by atomic mass is 16.4. The number of hydrogen-bond donors (Lipinski definition) is 2. The number of benzene rings is 1. The quantitative estimate of drug-likeness (QED) is 0.898. The van der Waals surface area contributed by atoms with Crippen LogP contribution in [0.5, 0.6) is 0 Å². The Balaban J connectivity index is 1.90. The molecule has 0 spiro atoms. The smallest absolute Gasteiger partial charge is 0.321 e. The van der Waals surface area contributed by atoms with E-state index in [0.717, 1.165) is 31.5 Å². The lowest BCUT2D eigenvalue weighted by molar-refractivity contribution is -0.136. The summed E-state index contributed by atoms with van der Waals surface area (Å²) in [5, 5.41) is 11.6. The van der Waals surface area contributed by atoms with Crippen molar-refractivity contribution in [1.82, 2.24) is 4.90 Å². The lowest BCUT2D eigenvalue weighted by atomic mass is 10.1. The Bertz CT molecular complexity index is 477. The number of carboxylic acids is 1. The van der Waals surface area contributed by atoms with Crippen molar-refractivity contribution in [2.75, 3.05) is 18.4 Å². The van der Waals surface area contributed by atoms with Gasteiger partial charge in [-0.1, -0.05) is 31.4 Å². The molecule has 1 aromatic carbocycles. The number of hydrogen-bond acceptors (Lipinski definition) is 2. The molecule has 5 heteroatoms. The van der Waals surface area contributed by atoms with E-state index in [1.165, 1.54) is 19.3 Å². The predicted molar refractivity (Wildman–Crippen MR) is 81.5 cm³/mol. The van der Waals surface area contributed by atoms with Crippen LogP contribution >= 0.6 is 0 Å². The Labute approximate surface area is 125 Å². The molecule has 1 aromatic rings. The Morgan fingerprint density at radius 3 is 2.14 bits per heavy atom. The predicted octanol–water partition coefficient (Wildman–Crippen LogP) is 3.11. The van der Waals surface area contributed by atoms with E-state index in [0.29, 0.717) is 5.69 Å². The number of carbonyl (C=O) groups is 2. The van der Waals surface area contributed by atoms with Crippen LogP contribution in [0, 0.1) is 0 Å². The Kier molecular flexibility index (Phi) is 5.60. The largest absolute Gasteiger partial charge is 0.481 e. The van der Waals surface area contributed by atoms with Gasteiger partial charge in [-0.2, -0.15) is 0 Å². The minimum Gasteiger partial charge on any atom is -0.481 e. The zero-order valence-corrected chi connectivity index (χ0v) is 12.2. The number of anilines is 1. The van der Waals surface area contributed by atoms with Crippen LogP contribution < -0.4 is 5.32 Å². The minimum atomic E-state index is -0.854. The molecule has 1 saturated heterocycles. The van der Waals surface area contributed by atoms with Gasteiger partial charge in [0.15, 0.2) is 0 Å². The zero-order chi connectivity index (χ0) is 15.1. The summed E-state index contributed by atoms with van der Waals surface area (Å²) in [5.41, 5.74) is 1.43. The fraction of sp³-hybridized carbons (Fsp3) is 0.500. The van der Waals surface area contributed by atoms with Crippen LogP contribution in [-0.4, -0.2) is 35.1 Å². The molecule has 0 atom stereocenters. The zero-order valence-electron chi connectivity index (χ0n) is 12.2. The summed E-state index contributed by atoms with van der Waals surface area (Å²) in [6.45, 7) is 1.62. The first kappa shape index (κ1) is 15.4. The SMILES string of the molecule is O=C(O)Cc1ccc(NC(=O)N2CCCCCCC2)cc1. The molecule has 0 aromatic heterocycles. The van der Waals surface area contributed by atoms with Crippen molar-refractivity contribution >= 4 is 17.7 Å². The molecule has 0 unspecified atom stereocenters. The first-order valence-corrected chi connectivity index (χ1v) is 7.52. The number of nitrogens with one attached hydrogen (secondary N) is 1. The number of urea groups is 1. The molecule has 5 nitrogen and oxygen atoms in total. The molecular weight excluding hydrogens is 268 g/mol. The molecule has 1 aliphatic heterocycles. The van der Waals surface area contributed by atoms with Gasteiger partial charge in [0.05, 0.1) is 6.42 Å². The van der Waals surface area contributed by atoms with E-state index in [9.17, 15) is 9.59 Å². The molecule has 2 amide bonds. The van der Waals surface area contributed by atoms with Crippen LogP contribution in [0.1, 0.15) is 37.7 Å². The van der Waals surface area contributed by atoms with Gasteiger partial charge in [0, 0.05) is 18.8 Å². The molecule has 2 N–H and O–H groups in total. The molecule has 1 fully saturated rings. The van der Waals surface area contributed by atoms with Crippen molar-refractivity contribution in [2.24, 2.45) is 0 Å². The number of carboxylic acid groups (broad SMARTS) is 1. The van der Waals surface area contributed by atoms with Gasteiger partial charge in [0.25, 0.3) is 0 Å². The van der Waals surface area contributed by atoms with Gasteiger partial charge < -0.3 is 15.3 Å². The Morgan fingerprint density at radius 1 is 1.00 bits per heavy atom. The average Bonchev–Trinajstić information content (AvgIpc) is 2.40. The molecule has 0 saturated carbocycles.